The van der Waals surface area contributed by atoms with Crippen molar-refractivity contribution in [3.05, 3.63) is 77.1 Å². The van der Waals surface area contributed by atoms with Crippen LogP contribution in [0.1, 0.15) is 27.2 Å². The number of amides is 1. The molecule has 6 heteroatoms. The highest BCUT2D eigenvalue weighted by Crippen LogP contribution is 2.28. The van der Waals surface area contributed by atoms with E-state index in [9.17, 15) is 4.79 Å². The van der Waals surface area contributed by atoms with Gasteiger partial charge in [-0.3, -0.25) is 4.79 Å². The summed E-state index contributed by atoms with van der Waals surface area (Å²) in [6.45, 7) is 7.00. The van der Waals surface area contributed by atoms with Gasteiger partial charge in [-0.1, -0.05) is 29.3 Å². The van der Waals surface area contributed by atoms with E-state index in [2.05, 4.69) is 29.5 Å². The van der Waals surface area contributed by atoms with E-state index in [1.165, 1.54) is 5.56 Å². The average Bonchev–Trinajstić information content (AvgIpc) is 3.15. The molecule has 31 heavy (non-hydrogen) atoms. The zero-order valence-corrected chi connectivity index (χ0v) is 18.3. The summed E-state index contributed by atoms with van der Waals surface area (Å²) in [5.74, 6) is -0.139. The minimum Gasteiger partial charge on any atom is -0.383 e. The maximum absolute atomic E-state index is 13.0. The molecule has 158 valence electrons. The Bertz CT molecular complexity index is 1240. The maximum Gasteiger partial charge on any atom is 0.252 e. The Hall–Kier alpha value is -3.51. The van der Waals surface area contributed by atoms with E-state index in [0.717, 1.165) is 39.1 Å². The number of carbonyl (C=O) groups excluding carboxylic acids is 1. The van der Waals surface area contributed by atoms with Gasteiger partial charge in [0.2, 0.25) is 0 Å². The van der Waals surface area contributed by atoms with E-state index in [4.69, 9.17) is 9.72 Å². The molecule has 4 aromatic rings. The minimum absolute atomic E-state index is 0.139. The Labute approximate surface area is 181 Å². The predicted octanol–water partition coefficient (Wildman–Crippen LogP) is 4.39. The van der Waals surface area contributed by atoms with Crippen molar-refractivity contribution in [3.63, 3.8) is 0 Å². The molecule has 1 N–H and O–H groups in total. The van der Waals surface area contributed by atoms with Crippen LogP contribution >= 0.6 is 0 Å². The Morgan fingerprint density at radius 1 is 1.03 bits per heavy atom. The van der Waals surface area contributed by atoms with Crippen LogP contribution in [0.5, 0.6) is 0 Å². The highest BCUT2D eigenvalue weighted by molar-refractivity contribution is 6.07. The Balaban J connectivity index is 1.80. The van der Waals surface area contributed by atoms with Crippen LogP contribution < -0.4 is 5.32 Å². The van der Waals surface area contributed by atoms with Gasteiger partial charge in [-0.05, 0) is 51.1 Å². The van der Waals surface area contributed by atoms with Crippen LogP contribution in [-0.2, 0) is 4.74 Å². The summed E-state index contributed by atoms with van der Waals surface area (Å²) < 4.78 is 6.95. The van der Waals surface area contributed by atoms with Gasteiger partial charge in [0, 0.05) is 24.6 Å². The second-order valence-electron chi connectivity index (χ2n) is 7.72. The van der Waals surface area contributed by atoms with Crippen molar-refractivity contribution in [2.75, 3.05) is 20.3 Å². The summed E-state index contributed by atoms with van der Waals surface area (Å²) in [4.78, 5) is 17.8. The third-order valence-corrected chi connectivity index (χ3v) is 5.36. The number of nitrogens with zero attached hydrogens (tertiary/aromatic N) is 3. The number of rotatable bonds is 6. The van der Waals surface area contributed by atoms with Crippen molar-refractivity contribution in [2.45, 2.75) is 20.8 Å². The van der Waals surface area contributed by atoms with Crippen LogP contribution in [0.25, 0.3) is 27.8 Å². The molecule has 0 unspecified atom stereocenters. The number of hydrogen-bond donors (Lipinski definition) is 1. The molecule has 1 amide bonds. The second-order valence-corrected chi connectivity index (χ2v) is 7.72. The van der Waals surface area contributed by atoms with Gasteiger partial charge in [-0.2, -0.15) is 5.10 Å². The quantitative estimate of drug-likeness (QED) is 0.475. The van der Waals surface area contributed by atoms with Gasteiger partial charge in [0.1, 0.15) is 0 Å². The molecular weight excluding hydrogens is 388 g/mol. The van der Waals surface area contributed by atoms with Crippen LogP contribution in [0.2, 0.25) is 0 Å². The first-order valence-corrected chi connectivity index (χ1v) is 10.3. The van der Waals surface area contributed by atoms with Crippen LogP contribution in [-0.4, -0.2) is 40.9 Å². The lowest BCUT2D eigenvalue weighted by Gasteiger charge is -2.11. The molecule has 0 saturated carbocycles. The zero-order valence-electron chi connectivity index (χ0n) is 18.3. The number of pyridine rings is 1. The van der Waals surface area contributed by atoms with Gasteiger partial charge < -0.3 is 10.1 Å². The third kappa shape index (κ3) is 4.20. The number of ether oxygens (including phenoxy) is 1. The molecule has 0 aliphatic rings. The predicted molar refractivity (Wildman–Crippen MR) is 123 cm³/mol. The summed E-state index contributed by atoms with van der Waals surface area (Å²) >= 11 is 0. The summed E-state index contributed by atoms with van der Waals surface area (Å²) in [6.07, 6.45) is 1.81. The summed E-state index contributed by atoms with van der Waals surface area (Å²) in [5, 5.41) is 8.34. The smallest absolute Gasteiger partial charge is 0.252 e. The third-order valence-electron chi connectivity index (χ3n) is 5.36. The molecule has 2 aromatic heterocycles. The van der Waals surface area contributed by atoms with Crippen molar-refractivity contribution in [3.8, 4) is 16.9 Å². The van der Waals surface area contributed by atoms with Crippen molar-refractivity contribution >= 4 is 16.8 Å². The summed E-state index contributed by atoms with van der Waals surface area (Å²) in [6, 6.07) is 16.0. The van der Waals surface area contributed by atoms with Gasteiger partial charge in [0.05, 0.1) is 41.0 Å². The Kier molecular flexibility index (Phi) is 5.82. The average molecular weight is 415 g/mol. The zero-order chi connectivity index (χ0) is 22.0. The number of aromatic nitrogens is 3. The van der Waals surface area contributed by atoms with Crippen LogP contribution in [0, 0.1) is 20.8 Å². The summed E-state index contributed by atoms with van der Waals surface area (Å²) in [7, 11) is 1.62. The van der Waals surface area contributed by atoms with Crippen molar-refractivity contribution in [1.82, 2.24) is 20.1 Å². The monoisotopic (exact) mass is 414 g/mol. The lowest BCUT2D eigenvalue weighted by Crippen LogP contribution is -2.27. The lowest BCUT2D eigenvalue weighted by atomic mass is 10.0. The second kappa shape index (κ2) is 8.70. The fourth-order valence-electron chi connectivity index (χ4n) is 3.63. The van der Waals surface area contributed by atoms with Gasteiger partial charge in [0.25, 0.3) is 5.91 Å². The molecule has 4 rings (SSSR count). The maximum atomic E-state index is 13.0. The van der Waals surface area contributed by atoms with Gasteiger partial charge in [0.15, 0.2) is 0 Å². The minimum atomic E-state index is -0.139. The fourth-order valence-corrected chi connectivity index (χ4v) is 3.63. The van der Waals surface area contributed by atoms with Crippen LogP contribution in [0.4, 0.5) is 0 Å². The topological polar surface area (TPSA) is 69.0 Å². The standard InChI is InChI=1S/C25H26N4O2/c1-16-5-8-19(9-6-16)29-18(3)22(15-27-29)24-14-21(25(30)26-11-12-31-4)20-13-17(2)7-10-23(20)28-24/h5-10,13-15H,11-12H2,1-4H3,(H,26,30). The normalized spacial score (nSPS) is 11.1. The van der Waals surface area contributed by atoms with Crippen LogP contribution in [0.15, 0.2) is 54.7 Å². The molecule has 0 fully saturated rings. The van der Waals surface area contributed by atoms with E-state index in [0.29, 0.717) is 18.7 Å². The molecule has 0 aliphatic heterocycles. The highest BCUT2D eigenvalue weighted by atomic mass is 16.5. The van der Waals surface area contributed by atoms with Gasteiger partial charge >= 0.3 is 0 Å². The number of nitrogens with one attached hydrogen (secondary N) is 1. The fraction of sp³-hybridized carbons (Fsp3) is 0.240. The van der Waals surface area contributed by atoms with Crippen LogP contribution in [0.3, 0.4) is 0 Å². The van der Waals surface area contributed by atoms with E-state index < -0.39 is 0 Å². The number of hydrogen-bond acceptors (Lipinski definition) is 4. The number of fused-ring (bicyclic) bond motifs is 1. The first-order valence-electron chi connectivity index (χ1n) is 10.3. The molecule has 0 spiro atoms. The molecule has 2 aromatic carbocycles. The molecule has 0 bridgehead atoms. The number of aryl methyl sites for hydroxylation is 2. The van der Waals surface area contributed by atoms with E-state index in [1.54, 1.807) is 7.11 Å². The highest BCUT2D eigenvalue weighted by Gasteiger charge is 2.17. The summed E-state index contributed by atoms with van der Waals surface area (Å²) in [5.41, 5.74) is 7.24. The molecule has 0 saturated heterocycles. The van der Waals surface area contributed by atoms with Crippen molar-refractivity contribution in [2.24, 2.45) is 0 Å². The van der Waals surface area contributed by atoms with Gasteiger partial charge in [-0.25, -0.2) is 9.67 Å². The van der Waals surface area contributed by atoms with E-state index in [-0.39, 0.29) is 5.91 Å². The Morgan fingerprint density at radius 3 is 2.52 bits per heavy atom. The first-order chi connectivity index (χ1) is 15.0. The number of carbonyl (C=O) groups is 1. The van der Waals surface area contributed by atoms with Crippen molar-refractivity contribution in [1.29, 1.82) is 0 Å². The van der Waals surface area contributed by atoms with E-state index >= 15 is 0 Å². The molecular formula is C25H26N4O2. The largest absolute Gasteiger partial charge is 0.383 e. The molecule has 0 radical (unpaired) electrons. The SMILES string of the molecule is COCCNC(=O)c1cc(-c2cnn(-c3ccc(C)cc3)c2C)nc2ccc(C)cc12. The first kappa shape index (κ1) is 20.8. The molecule has 0 atom stereocenters. The lowest BCUT2D eigenvalue weighted by molar-refractivity contribution is 0.0938. The molecule has 6 nitrogen and oxygen atoms in total. The van der Waals surface area contributed by atoms with E-state index in [1.807, 2.05) is 61.1 Å². The van der Waals surface area contributed by atoms with Crippen molar-refractivity contribution < 1.29 is 9.53 Å². The number of benzene rings is 2. The Morgan fingerprint density at radius 2 is 1.77 bits per heavy atom. The van der Waals surface area contributed by atoms with Gasteiger partial charge in [-0.15, -0.1) is 0 Å². The number of methoxy groups -OCH3 is 1. The molecule has 2 heterocycles. The molecule has 0 aliphatic carbocycles.